The predicted octanol–water partition coefficient (Wildman–Crippen LogP) is 7.61. The van der Waals surface area contributed by atoms with Crippen LogP contribution in [0.4, 0.5) is 0 Å². The summed E-state index contributed by atoms with van der Waals surface area (Å²) in [6, 6.07) is 39.3. The van der Waals surface area contributed by atoms with Crippen molar-refractivity contribution in [3.8, 4) is 0 Å². The largest absolute Gasteiger partial charge is 0.143 e. The van der Waals surface area contributed by atoms with E-state index in [-0.39, 0.29) is 5.04 Å². The quantitative estimate of drug-likeness (QED) is 0.219. The first-order chi connectivity index (χ1) is 16.0. The highest BCUT2D eigenvalue weighted by atomic mass is 32.1. The van der Waals surface area contributed by atoms with Crippen molar-refractivity contribution in [1.29, 1.82) is 0 Å². The van der Waals surface area contributed by atoms with Gasteiger partial charge in [-0.1, -0.05) is 98.4 Å². The van der Waals surface area contributed by atoms with Crippen LogP contribution in [0.5, 0.6) is 0 Å². The highest BCUT2D eigenvalue weighted by molar-refractivity contribution is 7.80. The van der Waals surface area contributed by atoms with Crippen molar-refractivity contribution in [3.63, 3.8) is 0 Å². The summed E-state index contributed by atoms with van der Waals surface area (Å²) in [4.78, 5) is 1.98. The number of thiol groups is 2. The number of benzene rings is 4. The fourth-order valence-electron chi connectivity index (χ4n) is 5.08. The highest BCUT2D eigenvalue weighted by Gasteiger charge is 2.44. The number of hydrogen-bond donors (Lipinski definition) is 2. The SMILES string of the molecule is C[Si]1=C(c2ccc(S)cc2)C(c2ccccc2)=C(c2ccccc2)C1(C)c1ccc(S)cc1. The second-order valence-corrected chi connectivity index (χ2v) is 12.5. The Labute approximate surface area is 209 Å². The van der Waals surface area contributed by atoms with Gasteiger partial charge in [-0.3, -0.25) is 0 Å². The topological polar surface area (TPSA) is 0 Å². The van der Waals surface area contributed by atoms with Gasteiger partial charge >= 0.3 is 0 Å². The maximum absolute atomic E-state index is 4.56. The molecule has 1 unspecified atom stereocenters. The summed E-state index contributed by atoms with van der Waals surface area (Å²) in [5, 5.41) is 1.38. The third-order valence-corrected chi connectivity index (χ3v) is 10.8. The minimum Gasteiger partial charge on any atom is -0.143 e. The van der Waals surface area contributed by atoms with Crippen LogP contribution < -0.4 is 0 Å². The molecule has 1 aliphatic heterocycles. The molecule has 4 aromatic rings. The molecule has 162 valence electrons. The van der Waals surface area contributed by atoms with E-state index in [0.29, 0.717) is 0 Å². The van der Waals surface area contributed by atoms with Gasteiger partial charge in [0.05, 0.1) is 0 Å². The van der Waals surface area contributed by atoms with Crippen LogP contribution in [-0.4, -0.2) is 13.6 Å². The summed E-state index contributed by atoms with van der Waals surface area (Å²) in [5.41, 5.74) is 8.01. The zero-order valence-corrected chi connectivity index (χ0v) is 21.6. The highest BCUT2D eigenvalue weighted by Crippen LogP contribution is 2.49. The molecule has 0 aliphatic carbocycles. The van der Waals surface area contributed by atoms with Crippen LogP contribution in [0.25, 0.3) is 11.1 Å². The first kappa shape index (κ1) is 22.2. The van der Waals surface area contributed by atoms with Crippen LogP contribution in [-0.2, 0) is 5.04 Å². The lowest BCUT2D eigenvalue weighted by molar-refractivity contribution is 0.871. The molecule has 0 aromatic heterocycles. The Bertz CT molecular complexity index is 1350. The molecule has 0 nitrogen and oxygen atoms in total. The molecule has 1 atom stereocenters. The average molecular weight is 479 g/mol. The molecule has 0 bridgehead atoms. The van der Waals surface area contributed by atoms with E-state index < -0.39 is 8.41 Å². The van der Waals surface area contributed by atoms with Crippen LogP contribution in [0.15, 0.2) is 119 Å². The molecule has 0 radical (unpaired) electrons. The second-order valence-electron chi connectivity index (χ2n) is 8.70. The van der Waals surface area contributed by atoms with Crippen molar-refractivity contribution >= 4 is 50.0 Å². The smallest absolute Gasteiger partial charge is 0.0339 e. The van der Waals surface area contributed by atoms with E-state index in [9.17, 15) is 0 Å². The lowest BCUT2D eigenvalue weighted by Crippen LogP contribution is -2.34. The maximum Gasteiger partial charge on any atom is 0.0339 e. The first-order valence-electron chi connectivity index (χ1n) is 11.2. The zero-order chi connectivity index (χ0) is 23.0. The summed E-state index contributed by atoms with van der Waals surface area (Å²) in [5.74, 6) is 0. The van der Waals surface area contributed by atoms with E-state index in [1.165, 1.54) is 38.6 Å². The summed E-state index contributed by atoms with van der Waals surface area (Å²) in [6.45, 7) is 4.92. The number of hydrogen-bond acceptors (Lipinski definition) is 2. The van der Waals surface area contributed by atoms with Crippen molar-refractivity contribution < 1.29 is 0 Å². The van der Waals surface area contributed by atoms with Gasteiger partial charge in [0.2, 0.25) is 0 Å². The Hall–Kier alpha value is -2.59. The molecular weight excluding hydrogens is 453 g/mol. The summed E-state index contributed by atoms with van der Waals surface area (Å²) < 4.78 is 0. The monoisotopic (exact) mass is 478 g/mol. The Morgan fingerprint density at radius 2 is 1.06 bits per heavy atom. The van der Waals surface area contributed by atoms with Crippen LogP contribution in [0, 0.1) is 0 Å². The molecule has 4 aromatic carbocycles. The fourth-order valence-corrected chi connectivity index (χ4v) is 8.36. The van der Waals surface area contributed by atoms with Crippen LogP contribution >= 0.6 is 25.3 Å². The third-order valence-electron chi connectivity index (χ3n) is 6.85. The molecule has 0 amide bonds. The van der Waals surface area contributed by atoms with E-state index in [4.69, 9.17) is 0 Å². The summed E-state index contributed by atoms with van der Waals surface area (Å²) in [7, 11) is -1.06. The van der Waals surface area contributed by atoms with Crippen LogP contribution in [0.3, 0.4) is 0 Å². The Balaban J connectivity index is 1.90. The summed E-state index contributed by atoms with van der Waals surface area (Å²) >= 11 is 9.10. The number of rotatable bonds is 4. The Morgan fingerprint density at radius 3 is 1.61 bits per heavy atom. The molecule has 0 spiro atoms. The van der Waals surface area contributed by atoms with Gasteiger partial charge in [-0.05, 0) is 62.8 Å². The van der Waals surface area contributed by atoms with Gasteiger partial charge in [0.1, 0.15) is 0 Å². The van der Waals surface area contributed by atoms with Crippen molar-refractivity contribution in [1.82, 2.24) is 0 Å². The lowest BCUT2D eigenvalue weighted by Gasteiger charge is -2.32. The van der Waals surface area contributed by atoms with E-state index in [1.807, 2.05) is 0 Å². The first-order valence-corrected chi connectivity index (χ1v) is 14.1. The zero-order valence-electron chi connectivity index (χ0n) is 18.8. The predicted molar refractivity (Wildman–Crippen MR) is 150 cm³/mol. The minimum atomic E-state index is -1.06. The van der Waals surface area contributed by atoms with Gasteiger partial charge in [-0.2, -0.15) is 0 Å². The molecule has 1 heterocycles. The molecule has 0 N–H and O–H groups in total. The van der Waals surface area contributed by atoms with Gasteiger partial charge in [0.15, 0.2) is 0 Å². The van der Waals surface area contributed by atoms with Crippen molar-refractivity contribution in [2.45, 2.75) is 28.3 Å². The summed E-state index contributed by atoms with van der Waals surface area (Å²) in [6.07, 6.45) is 0. The van der Waals surface area contributed by atoms with Gasteiger partial charge in [-0.15, -0.1) is 25.3 Å². The normalized spacial score (nSPS) is 18.2. The molecule has 0 fully saturated rings. The standard InChI is InChI=1S/C30H26S2Si/c1-30(24-15-19-26(32)20-16-24)28(22-11-7-4-8-12-22)27(21-9-5-3-6-10-21)29(33(30)2)23-13-17-25(31)18-14-23/h3-20,31-32H,1-2H3. The van der Waals surface area contributed by atoms with Crippen LogP contribution in [0.2, 0.25) is 6.55 Å². The van der Waals surface area contributed by atoms with Crippen LogP contribution in [0.1, 0.15) is 29.2 Å². The Kier molecular flexibility index (Phi) is 6.04. The molecule has 0 saturated heterocycles. The minimum absolute atomic E-state index is 0.104. The van der Waals surface area contributed by atoms with E-state index in [0.717, 1.165) is 9.79 Å². The molecule has 1 aliphatic rings. The van der Waals surface area contributed by atoms with Gasteiger partial charge < -0.3 is 0 Å². The molecular formula is C30H26S2Si. The van der Waals surface area contributed by atoms with E-state index >= 15 is 0 Å². The molecule has 3 heteroatoms. The van der Waals surface area contributed by atoms with Crippen molar-refractivity contribution in [2.75, 3.05) is 0 Å². The third kappa shape index (κ3) is 3.88. The molecule has 33 heavy (non-hydrogen) atoms. The van der Waals surface area contributed by atoms with Crippen molar-refractivity contribution in [3.05, 3.63) is 131 Å². The molecule has 0 saturated carbocycles. The van der Waals surface area contributed by atoms with E-state index in [2.05, 4.69) is 148 Å². The maximum atomic E-state index is 4.56. The van der Waals surface area contributed by atoms with Gasteiger partial charge in [0, 0.05) is 23.2 Å². The average Bonchev–Trinajstić information content (AvgIpc) is 3.09. The van der Waals surface area contributed by atoms with Gasteiger partial charge in [0.25, 0.3) is 0 Å². The molecule has 5 rings (SSSR count). The second kappa shape index (κ2) is 8.98. The van der Waals surface area contributed by atoms with E-state index in [1.54, 1.807) is 0 Å². The fraction of sp³-hybridized carbons (Fsp3) is 0.100. The lowest BCUT2D eigenvalue weighted by atomic mass is 9.80. The Morgan fingerprint density at radius 1 is 0.576 bits per heavy atom. The van der Waals surface area contributed by atoms with Gasteiger partial charge in [-0.25, -0.2) is 0 Å². The number of allylic oxidation sites excluding steroid dienone is 2. The van der Waals surface area contributed by atoms with Crippen molar-refractivity contribution in [2.24, 2.45) is 0 Å².